The van der Waals surface area contributed by atoms with Gasteiger partial charge in [-0.05, 0) is 19.9 Å². The summed E-state index contributed by atoms with van der Waals surface area (Å²) in [6.07, 6.45) is 3.00. The van der Waals surface area contributed by atoms with E-state index in [1.165, 1.54) is 12.3 Å². The average Bonchev–Trinajstić information content (AvgIpc) is 2.44. The lowest BCUT2D eigenvalue weighted by molar-refractivity contribution is -0.104. The maximum absolute atomic E-state index is 9.98. The van der Waals surface area contributed by atoms with E-state index in [1.807, 2.05) is 13.8 Å². The Morgan fingerprint density at radius 3 is 2.69 bits per heavy atom. The molecule has 2 N–H and O–H groups in total. The molecule has 5 nitrogen and oxygen atoms in total. The van der Waals surface area contributed by atoms with E-state index in [9.17, 15) is 10.0 Å². The zero-order valence-corrected chi connectivity index (χ0v) is 7.48. The van der Waals surface area contributed by atoms with Gasteiger partial charge in [0.2, 0.25) is 0 Å². The number of allylic oxidation sites excluding steroid dienone is 1. The highest BCUT2D eigenvalue weighted by molar-refractivity contribution is 5.65. The minimum atomic E-state index is 0.399. The number of carbonyl (C=O) groups excluding carboxylic acids is 1. The Morgan fingerprint density at radius 1 is 1.54 bits per heavy atom. The molecule has 0 unspecified atom stereocenters. The Labute approximate surface area is 75.6 Å². The first-order valence-corrected chi connectivity index (χ1v) is 3.78. The number of H-pyrrole nitrogens is 1. The molecule has 0 aromatic carbocycles. The number of nitrogens with zero attached hydrogens (tertiary/aromatic N) is 2. The van der Waals surface area contributed by atoms with E-state index in [4.69, 9.17) is 0 Å². The number of hydroxylamine groups is 1. The van der Waals surface area contributed by atoms with Gasteiger partial charge in [-0.3, -0.25) is 15.1 Å². The highest BCUT2D eigenvalue weighted by Gasteiger charge is 2.08. The van der Waals surface area contributed by atoms with Crippen molar-refractivity contribution >= 4 is 12.1 Å². The van der Waals surface area contributed by atoms with Gasteiger partial charge < -0.3 is 0 Å². The summed E-state index contributed by atoms with van der Waals surface area (Å²) in [6, 6.07) is 0. The molecule has 0 radical (unpaired) electrons. The molecule has 1 heterocycles. The molecule has 1 rings (SSSR count). The van der Waals surface area contributed by atoms with Gasteiger partial charge >= 0.3 is 0 Å². The van der Waals surface area contributed by atoms with Crippen molar-refractivity contribution in [1.29, 1.82) is 0 Å². The normalized spacial score (nSPS) is 10.7. The van der Waals surface area contributed by atoms with Crippen LogP contribution in [0.2, 0.25) is 0 Å². The van der Waals surface area contributed by atoms with Gasteiger partial charge in [0.1, 0.15) is 6.29 Å². The van der Waals surface area contributed by atoms with E-state index in [0.29, 0.717) is 12.1 Å². The minimum Gasteiger partial charge on any atom is -0.299 e. The van der Waals surface area contributed by atoms with Crippen LogP contribution in [0.5, 0.6) is 0 Å². The van der Waals surface area contributed by atoms with Crippen molar-refractivity contribution in [2.75, 3.05) is 5.06 Å². The van der Waals surface area contributed by atoms with Crippen LogP contribution >= 0.6 is 0 Å². The summed E-state index contributed by atoms with van der Waals surface area (Å²) in [5, 5.41) is 16.7. The number of aromatic nitrogens is 2. The molecule has 70 valence electrons. The van der Waals surface area contributed by atoms with Crippen molar-refractivity contribution in [3.8, 4) is 0 Å². The molecule has 0 saturated heterocycles. The molecule has 0 amide bonds. The maximum Gasteiger partial charge on any atom is 0.181 e. The SMILES string of the molecule is Cc1[nH]nc(N(O)/C=C\C=O)c1C. The number of aldehydes is 1. The number of nitrogens with one attached hydrogen (secondary N) is 1. The number of hydrogen-bond donors (Lipinski definition) is 2. The van der Waals surface area contributed by atoms with Gasteiger partial charge in [-0.25, -0.2) is 5.06 Å². The van der Waals surface area contributed by atoms with Gasteiger partial charge in [0.05, 0.1) is 0 Å². The van der Waals surface area contributed by atoms with Crippen LogP contribution in [-0.4, -0.2) is 21.7 Å². The quantitative estimate of drug-likeness (QED) is 0.413. The van der Waals surface area contributed by atoms with Crippen LogP contribution in [0.1, 0.15) is 11.3 Å². The van der Waals surface area contributed by atoms with Crippen molar-refractivity contribution in [3.05, 3.63) is 23.5 Å². The van der Waals surface area contributed by atoms with Gasteiger partial charge in [-0.15, -0.1) is 0 Å². The van der Waals surface area contributed by atoms with Crippen LogP contribution < -0.4 is 5.06 Å². The van der Waals surface area contributed by atoms with Crippen LogP contribution in [0.25, 0.3) is 0 Å². The first-order chi connectivity index (χ1) is 6.16. The van der Waals surface area contributed by atoms with Crippen LogP contribution in [0, 0.1) is 13.8 Å². The second kappa shape index (κ2) is 3.86. The summed E-state index contributed by atoms with van der Waals surface area (Å²) in [4.78, 5) is 9.98. The molecule has 0 fully saturated rings. The minimum absolute atomic E-state index is 0.399. The second-order valence-corrected chi connectivity index (χ2v) is 2.62. The fourth-order valence-electron chi connectivity index (χ4n) is 0.883. The van der Waals surface area contributed by atoms with Crippen LogP contribution in [0.15, 0.2) is 12.3 Å². The van der Waals surface area contributed by atoms with Gasteiger partial charge in [-0.1, -0.05) is 0 Å². The van der Waals surface area contributed by atoms with Crippen LogP contribution in [-0.2, 0) is 4.79 Å². The lowest BCUT2D eigenvalue weighted by atomic mass is 10.3. The number of aromatic amines is 1. The van der Waals surface area contributed by atoms with Crippen molar-refractivity contribution in [2.24, 2.45) is 0 Å². The molecule has 0 spiro atoms. The molecule has 0 saturated carbocycles. The molecule has 0 aliphatic heterocycles. The summed E-state index contributed by atoms with van der Waals surface area (Å²) in [5.41, 5.74) is 1.73. The topological polar surface area (TPSA) is 69.2 Å². The van der Waals surface area contributed by atoms with E-state index in [2.05, 4.69) is 10.2 Å². The average molecular weight is 181 g/mol. The predicted molar refractivity (Wildman–Crippen MR) is 47.5 cm³/mol. The van der Waals surface area contributed by atoms with Crippen molar-refractivity contribution in [3.63, 3.8) is 0 Å². The molecule has 0 bridgehead atoms. The Morgan fingerprint density at radius 2 is 2.23 bits per heavy atom. The lowest BCUT2D eigenvalue weighted by Gasteiger charge is -2.07. The zero-order chi connectivity index (χ0) is 9.84. The molecular formula is C8H11N3O2. The lowest BCUT2D eigenvalue weighted by Crippen LogP contribution is -2.10. The summed E-state index contributed by atoms with van der Waals surface area (Å²) in [5.74, 6) is 0.399. The van der Waals surface area contributed by atoms with E-state index in [0.717, 1.165) is 16.3 Å². The highest BCUT2D eigenvalue weighted by Crippen LogP contribution is 2.17. The third kappa shape index (κ3) is 1.94. The molecule has 1 aromatic heterocycles. The highest BCUT2D eigenvalue weighted by atomic mass is 16.5. The predicted octanol–water partition coefficient (Wildman–Crippen LogP) is 0.935. The van der Waals surface area contributed by atoms with Gasteiger partial charge in [-0.2, -0.15) is 5.10 Å². The second-order valence-electron chi connectivity index (χ2n) is 2.62. The third-order valence-electron chi connectivity index (χ3n) is 1.75. The Balaban J connectivity index is 2.88. The van der Waals surface area contributed by atoms with Crippen LogP contribution in [0.3, 0.4) is 0 Å². The first kappa shape index (κ1) is 9.47. The summed E-state index contributed by atoms with van der Waals surface area (Å²) in [7, 11) is 0. The summed E-state index contributed by atoms with van der Waals surface area (Å²) in [6.45, 7) is 3.68. The van der Waals surface area contributed by atoms with Gasteiger partial charge in [0.15, 0.2) is 5.82 Å². The Hall–Kier alpha value is -1.62. The molecule has 0 aliphatic rings. The van der Waals surface area contributed by atoms with Crippen molar-refractivity contribution in [1.82, 2.24) is 10.2 Å². The van der Waals surface area contributed by atoms with E-state index in [-0.39, 0.29) is 0 Å². The van der Waals surface area contributed by atoms with E-state index in [1.54, 1.807) is 0 Å². The monoisotopic (exact) mass is 181 g/mol. The first-order valence-electron chi connectivity index (χ1n) is 3.78. The molecular weight excluding hydrogens is 170 g/mol. The fraction of sp³-hybridized carbons (Fsp3) is 0.250. The number of rotatable bonds is 3. The molecule has 0 atom stereocenters. The molecule has 0 aliphatic carbocycles. The number of carbonyl (C=O) groups is 1. The zero-order valence-electron chi connectivity index (χ0n) is 7.48. The van der Waals surface area contributed by atoms with Crippen molar-refractivity contribution in [2.45, 2.75) is 13.8 Å². The molecule has 1 aromatic rings. The standard InChI is InChI=1S/C8H11N3O2/c1-6-7(2)9-10-8(6)11(13)4-3-5-12/h3-5,13H,1-2H3,(H,9,10)/b4-3-. The van der Waals surface area contributed by atoms with E-state index >= 15 is 0 Å². The maximum atomic E-state index is 9.98. The smallest absolute Gasteiger partial charge is 0.181 e. The molecule has 13 heavy (non-hydrogen) atoms. The fourth-order valence-corrected chi connectivity index (χ4v) is 0.883. The van der Waals surface area contributed by atoms with Crippen molar-refractivity contribution < 1.29 is 10.0 Å². The summed E-state index contributed by atoms with van der Waals surface area (Å²) < 4.78 is 0. The Bertz CT molecular complexity index is 330. The Kier molecular flexibility index (Phi) is 2.81. The van der Waals surface area contributed by atoms with E-state index < -0.39 is 0 Å². The van der Waals surface area contributed by atoms with Gasteiger partial charge in [0, 0.05) is 17.5 Å². The number of aryl methyl sites for hydroxylation is 1. The summed E-state index contributed by atoms with van der Waals surface area (Å²) >= 11 is 0. The number of anilines is 1. The molecule has 5 heteroatoms. The van der Waals surface area contributed by atoms with Gasteiger partial charge in [0.25, 0.3) is 0 Å². The largest absolute Gasteiger partial charge is 0.299 e. The third-order valence-corrected chi connectivity index (χ3v) is 1.75. The number of hydrogen-bond acceptors (Lipinski definition) is 4. The van der Waals surface area contributed by atoms with Crippen LogP contribution in [0.4, 0.5) is 5.82 Å².